The van der Waals surface area contributed by atoms with Crippen molar-refractivity contribution in [3.05, 3.63) is 179 Å². The Hall–Kier alpha value is -5.19. The van der Waals surface area contributed by atoms with Gasteiger partial charge in [-0.05, 0) is 180 Å². The molecule has 1 aliphatic rings. The lowest BCUT2D eigenvalue weighted by Crippen LogP contribution is -2.11. The van der Waals surface area contributed by atoms with E-state index in [0.717, 1.165) is 38.5 Å². The summed E-state index contributed by atoms with van der Waals surface area (Å²) in [6, 6.07) is 48.6. The van der Waals surface area contributed by atoms with E-state index in [9.17, 15) is 0 Å². The zero-order valence-electron chi connectivity index (χ0n) is 44.7. The normalized spacial score (nSPS) is 21.0. The van der Waals surface area contributed by atoms with Gasteiger partial charge >= 0.3 is 23.0 Å². The minimum atomic E-state index is -4.08. The highest BCUT2D eigenvalue weighted by Gasteiger charge is 2.49. The first-order valence-corrected chi connectivity index (χ1v) is 30.9. The van der Waals surface area contributed by atoms with Crippen molar-refractivity contribution in [2.45, 2.75) is 157 Å². The highest BCUT2D eigenvalue weighted by Crippen LogP contribution is 2.78. The quantitative estimate of drug-likeness (QED) is 0.0561. The lowest BCUT2D eigenvalue weighted by molar-refractivity contribution is 0.442. The molecule has 384 valence electrons. The maximum Gasteiger partial charge on any atom is 0.460 e. The van der Waals surface area contributed by atoms with Crippen LogP contribution in [0.3, 0.4) is 0 Å². The molecule has 0 N–H and O–H groups in total. The molecule has 6 aromatic carbocycles. The van der Waals surface area contributed by atoms with E-state index in [-0.39, 0.29) is 0 Å². The molecule has 9 nitrogen and oxygen atoms in total. The van der Waals surface area contributed by atoms with Crippen molar-refractivity contribution in [1.82, 2.24) is 0 Å². The molecular formula is C60H78N3O6P3. The van der Waals surface area contributed by atoms with Crippen LogP contribution in [0.5, 0.6) is 34.5 Å². The van der Waals surface area contributed by atoms with Crippen LogP contribution in [-0.4, -0.2) is 0 Å². The first-order chi connectivity index (χ1) is 34.6. The minimum Gasteiger partial charge on any atom is -0.413 e. The third kappa shape index (κ3) is 13.7. The van der Waals surface area contributed by atoms with E-state index in [1.54, 1.807) is 0 Å². The van der Waals surface area contributed by atoms with Gasteiger partial charge in [0, 0.05) is 0 Å². The lowest BCUT2D eigenvalue weighted by Gasteiger charge is -2.33. The molecule has 12 heteroatoms. The molecule has 0 amide bonds. The van der Waals surface area contributed by atoms with Crippen molar-refractivity contribution in [3.63, 3.8) is 0 Å². The van der Waals surface area contributed by atoms with Crippen LogP contribution in [0.1, 0.15) is 190 Å². The molecule has 0 spiro atoms. The summed E-state index contributed by atoms with van der Waals surface area (Å²) in [6.07, 6.45) is 5.97. The van der Waals surface area contributed by atoms with Gasteiger partial charge in [0.1, 0.15) is 34.5 Å². The first kappa shape index (κ1) is 54.6. The fourth-order valence-corrected chi connectivity index (χ4v) is 17.2. The summed E-state index contributed by atoms with van der Waals surface area (Å²) >= 11 is 0. The molecule has 1 aliphatic heterocycles. The molecule has 0 aliphatic carbocycles. The van der Waals surface area contributed by atoms with Crippen molar-refractivity contribution >= 4 is 23.0 Å². The Kier molecular flexibility index (Phi) is 18.7. The van der Waals surface area contributed by atoms with Crippen LogP contribution in [0.2, 0.25) is 0 Å². The van der Waals surface area contributed by atoms with Crippen LogP contribution in [-0.2, 0) is 0 Å². The van der Waals surface area contributed by atoms with Crippen LogP contribution in [0.15, 0.2) is 159 Å². The average Bonchev–Trinajstić information content (AvgIpc) is 3.40. The van der Waals surface area contributed by atoms with E-state index in [4.69, 9.17) is 40.7 Å². The van der Waals surface area contributed by atoms with E-state index in [1.807, 2.05) is 72.8 Å². The Morgan fingerprint density at radius 1 is 0.250 bits per heavy atom. The maximum atomic E-state index is 7.27. The predicted octanol–water partition coefficient (Wildman–Crippen LogP) is 21.4. The first-order valence-electron chi connectivity index (χ1n) is 26.3. The maximum absolute atomic E-state index is 7.27. The highest BCUT2D eigenvalue weighted by atomic mass is 31.3. The number of hydrogen-bond donors (Lipinski definition) is 0. The largest absolute Gasteiger partial charge is 0.460 e. The number of benzene rings is 6. The minimum absolute atomic E-state index is 0.350. The van der Waals surface area contributed by atoms with Gasteiger partial charge in [-0.2, -0.15) is 0 Å². The van der Waals surface area contributed by atoms with Gasteiger partial charge in [0.05, 0.1) is 0 Å². The molecule has 0 fully saturated rings. The van der Waals surface area contributed by atoms with Gasteiger partial charge in [-0.1, -0.05) is 169 Å². The summed E-state index contributed by atoms with van der Waals surface area (Å²) in [4.78, 5) is 0. The summed E-state index contributed by atoms with van der Waals surface area (Å²) < 4.78 is 60.3. The third-order valence-corrected chi connectivity index (χ3v) is 22.5. The zero-order chi connectivity index (χ0) is 51.5. The van der Waals surface area contributed by atoms with E-state index < -0.39 is 23.0 Å². The van der Waals surface area contributed by atoms with Crippen LogP contribution < -0.4 is 27.1 Å². The molecule has 0 saturated heterocycles. The molecule has 6 atom stereocenters. The Bertz CT molecular complexity index is 2330. The summed E-state index contributed by atoms with van der Waals surface area (Å²) in [5.41, 5.74) is 7.15. The van der Waals surface area contributed by atoms with Crippen LogP contribution in [0, 0.1) is 0 Å². The molecule has 0 saturated carbocycles. The summed E-state index contributed by atoms with van der Waals surface area (Å²) in [5, 5.41) is 0. The Balaban J connectivity index is 1.57. The number of nitrogens with zero attached hydrogens (tertiary/aromatic N) is 3. The van der Waals surface area contributed by atoms with Crippen LogP contribution >= 0.6 is 23.0 Å². The second-order valence-electron chi connectivity index (χ2n) is 19.6. The molecule has 72 heavy (non-hydrogen) atoms. The molecule has 6 unspecified atom stereocenters. The topological polar surface area (TPSA) is 92.5 Å². The Morgan fingerprint density at radius 3 is 0.486 bits per heavy atom. The molecule has 7 rings (SSSR count). The van der Waals surface area contributed by atoms with Crippen molar-refractivity contribution in [1.29, 1.82) is 0 Å². The highest BCUT2D eigenvalue weighted by molar-refractivity contribution is 7.79. The van der Waals surface area contributed by atoms with Gasteiger partial charge in [-0.3, -0.25) is 0 Å². The summed E-state index contributed by atoms with van der Waals surface area (Å²) in [6.45, 7) is 26.5. The molecular weight excluding hydrogens is 952 g/mol. The third-order valence-electron chi connectivity index (χ3n) is 14.4. The van der Waals surface area contributed by atoms with Gasteiger partial charge in [0.15, 0.2) is 0 Å². The Labute approximate surface area is 432 Å². The van der Waals surface area contributed by atoms with Gasteiger partial charge in [0.25, 0.3) is 0 Å². The van der Waals surface area contributed by atoms with Crippen molar-refractivity contribution in [2.75, 3.05) is 0 Å². The molecule has 6 aromatic rings. The van der Waals surface area contributed by atoms with Gasteiger partial charge in [-0.15, -0.1) is 0 Å². The van der Waals surface area contributed by atoms with Crippen molar-refractivity contribution in [3.8, 4) is 34.5 Å². The van der Waals surface area contributed by atoms with E-state index in [1.165, 1.54) is 33.4 Å². The fraction of sp³-hybridized carbons (Fsp3) is 0.400. The predicted molar refractivity (Wildman–Crippen MR) is 303 cm³/mol. The fourth-order valence-electron chi connectivity index (χ4n) is 8.14. The Morgan fingerprint density at radius 2 is 0.375 bits per heavy atom. The van der Waals surface area contributed by atoms with Crippen molar-refractivity contribution < 1.29 is 27.1 Å². The van der Waals surface area contributed by atoms with Gasteiger partial charge < -0.3 is 27.1 Å². The van der Waals surface area contributed by atoms with Gasteiger partial charge in [0.2, 0.25) is 0 Å². The molecule has 0 bridgehead atoms. The van der Waals surface area contributed by atoms with E-state index in [0.29, 0.717) is 70.0 Å². The lowest BCUT2D eigenvalue weighted by atomic mass is 9.99. The van der Waals surface area contributed by atoms with Crippen LogP contribution in [0.4, 0.5) is 0 Å². The van der Waals surface area contributed by atoms with Crippen molar-refractivity contribution in [2.24, 2.45) is 13.5 Å². The summed E-state index contributed by atoms with van der Waals surface area (Å²) in [7, 11) is -12.2. The smallest absolute Gasteiger partial charge is 0.413 e. The van der Waals surface area contributed by atoms with E-state index >= 15 is 0 Å². The molecule has 0 radical (unpaired) electrons. The second kappa shape index (κ2) is 24.7. The van der Waals surface area contributed by atoms with Crippen LogP contribution in [0.25, 0.3) is 0 Å². The zero-order valence-corrected chi connectivity index (χ0v) is 47.4. The standard InChI is InChI=1S/C60H78N3O6P3/c1-13-43(7)49-19-31-55(32-20-49)64-70(65-56-33-21-50(22-34-56)44(8)14-2)61-71(66-57-35-23-51(24-36-57)45(9)15-3,67-58-37-25-52(26-38-58)46(10)16-4)63-72(62-70,68-59-39-27-53(28-40-59)47(11)17-5)69-60-41-29-54(30-42-60)48(12)18-6/h19-48H,13-18H2,1-12H3. The van der Waals surface area contributed by atoms with Gasteiger partial charge in [-0.25, -0.2) is 0 Å². The SMILES string of the molecule is CCC(C)c1ccc(OP2(Oc3ccc(C(C)CC)cc3)=NP(Oc3ccc(C(C)CC)cc3)(Oc3ccc(C(C)CC)cc3)=NP(Oc3ccc(C(C)CC)cc3)(Oc3ccc(C(C)CC)cc3)=N2)cc1. The monoisotopic (exact) mass is 1030 g/mol. The number of rotatable bonds is 24. The number of hydrogen-bond acceptors (Lipinski definition) is 9. The molecule has 0 aromatic heterocycles. The molecule has 1 heterocycles. The average molecular weight is 1030 g/mol. The van der Waals surface area contributed by atoms with E-state index in [2.05, 4.69) is 156 Å². The summed E-state index contributed by atoms with van der Waals surface area (Å²) in [5.74, 6) is 5.12. The second-order valence-corrected chi connectivity index (χ2v) is 25.7.